The average molecular weight is 232 g/mol. The molecule has 0 N–H and O–H groups in total. The monoisotopic (exact) mass is 231 g/mol. The molecule has 0 aliphatic carbocycles. The van der Waals surface area contributed by atoms with E-state index >= 15 is 0 Å². The van der Waals surface area contributed by atoms with E-state index in [9.17, 15) is 0 Å². The Labute approximate surface area is 67.1 Å². The minimum atomic E-state index is 0. The molecule has 0 amide bonds. The van der Waals surface area contributed by atoms with Crippen molar-refractivity contribution < 1.29 is 37.3 Å². The molecule has 1 rings (SSSR count). The van der Waals surface area contributed by atoms with E-state index in [0.717, 1.165) is 0 Å². The van der Waals surface area contributed by atoms with Gasteiger partial charge in [0.1, 0.15) is 0 Å². The molecular formula is C5H5Er-. The first-order chi connectivity index (χ1) is 2.50. The maximum atomic E-state index is 2.00. The summed E-state index contributed by atoms with van der Waals surface area (Å²) < 4.78 is 0. The molecule has 1 aromatic carbocycles. The van der Waals surface area contributed by atoms with Crippen LogP contribution >= 0.6 is 0 Å². The zero-order valence-corrected chi connectivity index (χ0v) is 5.03. The molecule has 0 aliphatic rings. The molecule has 0 saturated heterocycles. The van der Waals surface area contributed by atoms with Crippen molar-refractivity contribution >= 4 is 0 Å². The molecule has 6 heavy (non-hydrogen) atoms. The Balaban J connectivity index is 0.000000250. The summed E-state index contributed by atoms with van der Waals surface area (Å²) in [4.78, 5) is 0. The van der Waals surface area contributed by atoms with Crippen LogP contribution in [0.3, 0.4) is 0 Å². The number of hydrogen-bond acceptors (Lipinski definition) is 0. The quantitative estimate of drug-likeness (QED) is 0.593. The summed E-state index contributed by atoms with van der Waals surface area (Å²) in [6.45, 7) is 0. The van der Waals surface area contributed by atoms with Crippen LogP contribution in [-0.2, 0) is 0 Å². The molecule has 0 spiro atoms. The van der Waals surface area contributed by atoms with Crippen LogP contribution in [0.15, 0.2) is 30.3 Å². The van der Waals surface area contributed by atoms with Gasteiger partial charge in [0.05, 0.1) is 0 Å². The van der Waals surface area contributed by atoms with Crippen LogP contribution < -0.4 is 0 Å². The van der Waals surface area contributed by atoms with Crippen molar-refractivity contribution in [1.82, 2.24) is 0 Å². The van der Waals surface area contributed by atoms with Gasteiger partial charge in [0.25, 0.3) is 0 Å². The van der Waals surface area contributed by atoms with Gasteiger partial charge in [-0.25, -0.2) is 12.1 Å². The fourth-order valence-corrected chi connectivity index (χ4v) is 0.321. The SMILES string of the molecule is [Er].c1cc[cH-]c1. The van der Waals surface area contributed by atoms with Gasteiger partial charge in [0.2, 0.25) is 0 Å². The maximum Gasteiger partial charge on any atom is 0 e. The van der Waals surface area contributed by atoms with Crippen molar-refractivity contribution in [2.75, 3.05) is 0 Å². The largest absolute Gasteiger partial charge is 0.214 e. The first-order valence-electron chi connectivity index (χ1n) is 1.67. The Hall–Kier alpha value is 0.597. The van der Waals surface area contributed by atoms with Crippen molar-refractivity contribution in [3.63, 3.8) is 0 Å². The fourth-order valence-electron chi connectivity index (χ4n) is 0.321. The minimum Gasteiger partial charge on any atom is -0.214 e. The summed E-state index contributed by atoms with van der Waals surface area (Å²) >= 11 is 0. The third-order valence-corrected chi connectivity index (χ3v) is 0.556. The van der Waals surface area contributed by atoms with Crippen LogP contribution in [0, 0.1) is 37.3 Å². The second-order valence-electron chi connectivity index (χ2n) is 0.962. The summed E-state index contributed by atoms with van der Waals surface area (Å²) in [5.41, 5.74) is 0. The summed E-state index contributed by atoms with van der Waals surface area (Å²) in [5.74, 6) is 0. The van der Waals surface area contributed by atoms with Gasteiger partial charge in [0.15, 0.2) is 0 Å². The Morgan fingerprint density at radius 3 is 1.67 bits per heavy atom. The topological polar surface area (TPSA) is 0 Å². The summed E-state index contributed by atoms with van der Waals surface area (Å²) in [5, 5.41) is 0. The van der Waals surface area contributed by atoms with Gasteiger partial charge in [-0.3, -0.25) is 0 Å². The van der Waals surface area contributed by atoms with Crippen LogP contribution in [0.25, 0.3) is 0 Å². The summed E-state index contributed by atoms with van der Waals surface area (Å²) in [6.07, 6.45) is 0. The van der Waals surface area contributed by atoms with Crippen molar-refractivity contribution in [3.05, 3.63) is 30.3 Å². The molecule has 0 unspecified atom stereocenters. The molecule has 1 heteroatoms. The van der Waals surface area contributed by atoms with Crippen molar-refractivity contribution in [3.8, 4) is 0 Å². The molecular weight excluding hydrogens is 227 g/mol. The smallest absolute Gasteiger partial charge is 0 e. The average Bonchev–Trinajstić information content (AvgIpc) is 1.76. The Kier molecular flexibility index (Phi) is 4.15. The molecule has 0 fully saturated rings. The number of rotatable bonds is 0. The van der Waals surface area contributed by atoms with Gasteiger partial charge in [-0.2, -0.15) is 18.2 Å². The second-order valence-corrected chi connectivity index (χ2v) is 0.962. The van der Waals surface area contributed by atoms with E-state index in [1.54, 1.807) is 0 Å². The standard InChI is InChI=1S/C5H5.Er/c1-2-4-5-3-1;/h1-5H;/q-1;. The van der Waals surface area contributed by atoms with E-state index in [0.29, 0.717) is 0 Å². The van der Waals surface area contributed by atoms with Gasteiger partial charge in [0, 0.05) is 37.3 Å². The van der Waals surface area contributed by atoms with E-state index in [4.69, 9.17) is 0 Å². The molecule has 0 bridgehead atoms. The van der Waals surface area contributed by atoms with Gasteiger partial charge >= 0.3 is 0 Å². The van der Waals surface area contributed by atoms with Gasteiger partial charge in [-0.05, 0) is 0 Å². The third kappa shape index (κ3) is 1.90. The van der Waals surface area contributed by atoms with Crippen molar-refractivity contribution in [2.45, 2.75) is 0 Å². The van der Waals surface area contributed by atoms with E-state index in [-0.39, 0.29) is 37.3 Å². The first-order valence-corrected chi connectivity index (χ1v) is 1.67. The number of hydrogen-bond donors (Lipinski definition) is 0. The molecule has 38 valence electrons. The molecule has 0 aromatic heterocycles. The van der Waals surface area contributed by atoms with Gasteiger partial charge < -0.3 is 0 Å². The van der Waals surface area contributed by atoms with Crippen molar-refractivity contribution in [1.29, 1.82) is 0 Å². The second kappa shape index (κ2) is 3.78. The zero-order valence-electron chi connectivity index (χ0n) is 3.18. The normalized spacial score (nSPS) is 6.67. The molecule has 0 saturated carbocycles. The van der Waals surface area contributed by atoms with Gasteiger partial charge in [-0.1, -0.05) is 0 Å². The molecule has 0 heterocycles. The zero-order chi connectivity index (χ0) is 3.54. The third-order valence-electron chi connectivity index (χ3n) is 0.556. The van der Waals surface area contributed by atoms with E-state index in [2.05, 4.69) is 0 Å². The Morgan fingerprint density at radius 1 is 1.00 bits per heavy atom. The molecule has 0 radical (unpaired) electrons. The fraction of sp³-hybridized carbons (Fsp3) is 0. The van der Waals surface area contributed by atoms with Crippen LogP contribution in [0.5, 0.6) is 0 Å². The molecule has 1 aromatic rings. The predicted molar refractivity (Wildman–Crippen MR) is 22.0 cm³/mol. The Bertz CT molecular complexity index is 60.4. The maximum absolute atomic E-state index is 2.00. The van der Waals surface area contributed by atoms with E-state index < -0.39 is 0 Å². The molecule has 0 nitrogen and oxygen atoms in total. The predicted octanol–water partition coefficient (Wildman–Crippen LogP) is 1.41. The summed E-state index contributed by atoms with van der Waals surface area (Å²) in [7, 11) is 0. The van der Waals surface area contributed by atoms with Crippen molar-refractivity contribution in [2.24, 2.45) is 0 Å². The van der Waals surface area contributed by atoms with E-state index in [1.165, 1.54) is 0 Å². The van der Waals surface area contributed by atoms with Crippen LogP contribution in [-0.4, -0.2) is 0 Å². The van der Waals surface area contributed by atoms with Crippen LogP contribution in [0.4, 0.5) is 0 Å². The molecule has 0 aliphatic heterocycles. The Morgan fingerprint density at radius 2 is 1.50 bits per heavy atom. The minimum absolute atomic E-state index is 0. The van der Waals surface area contributed by atoms with Crippen LogP contribution in [0.2, 0.25) is 0 Å². The summed E-state index contributed by atoms with van der Waals surface area (Å²) in [6, 6.07) is 10.0. The van der Waals surface area contributed by atoms with Crippen LogP contribution in [0.1, 0.15) is 0 Å². The van der Waals surface area contributed by atoms with E-state index in [1.807, 2.05) is 30.3 Å². The first kappa shape index (κ1) is 6.60. The molecule has 0 atom stereocenters. The van der Waals surface area contributed by atoms with Gasteiger partial charge in [-0.15, -0.1) is 0 Å².